The second-order valence-electron chi connectivity index (χ2n) is 7.11. The fraction of sp³-hybridized carbons (Fsp3) is 0.300. The summed E-state index contributed by atoms with van der Waals surface area (Å²) in [6.45, 7) is -0.0192. The van der Waals surface area contributed by atoms with Crippen LogP contribution in [-0.4, -0.2) is 38.5 Å². The number of anilines is 1. The first-order valence-electron chi connectivity index (χ1n) is 9.40. The van der Waals surface area contributed by atoms with E-state index in [1.165, 1.54) is 30.6 Å². The lowest BCUT2D eigenvalue weighted by molar-refractivity contribution is -0.146. The number of aromatic nitrogens is 4. The molecular weight excluding hydrogens is 421 g/mol. The highest BCUT2D eigenvalue weighted by Gasteiger charge is 2.46. The predicted octanol–water partition coefficient (Wildman–Crippen LogP) is 3.56. The monoisotopic (exact) mass is 437 g/mol. The summed E-state index contributed by atoms with van der Waals surface area (Å²) in [4.78, 5) is 21.3. The Kier molecular flexibility index (Phi) is 5.42. The normalized spacial score (nSPS) is 16.7. The van der Waals surface area contributed by atoms with Crippen LogP contribution in [0, 0.1) is 11.6 Å². The Hall–Kier alpha value is -3.37. The zero-order valence-corrected chi connectivity index (χ0v) is 16.0. The molecule has 31 heavy (non-hydrogen) atoms. The van der Waals surface area contributed by atoms with E-state index in [0.29, 0.717) is 18.1 Å². The SMILES string of the molecule is O=c1ccc(-c2cnc(N3CCCC3C(F)(F)F)nc2)nn1Cc1ccc(F)cc1F. The number of nitrogens with zero attached hydrogens (tertiary/aromatic N) is 5. The maximum Gasteiger partial charge on any atom is 0.408 e. The van der Waals surface area contributed by atoms with Crippen molar-refractivity contribution in [3.05, 3.63) is 70.3 Å². The van der Waals surface area contributed by atoms with E-state index in [2.05, 4.69) is 15.1 Å². The first kappa shape index (κ1) is 20.9. The number of hydrogen-bond donors (Lipinski definition) is 0. The third-order valence-electron chi connectivity index (χ3n) is 5.02. The van der Waals surface area contributed by atoms with Crippen LogP contribution in [0.1, 0.15) is 18.4 Å². The first-order chi connectivity index (χ1) is 14.7. The van der Waals surface area contributed by atoms with E-state index < -0.39 is 29.4 Å². The molecule has 0 amide bonds. The van der Waals surface area contributed by atoms with E-state index in [-0.39, 0.29) is 36.7 Å². The molecule has 6 nitrogen and oxygen atoms in total. The van der Waals surface area contributed by atoms with Gasteiger partial charge in [-0.2, -0.15) is 18.3 Å². The number of alkyl halides is 3. The molecule has 1 aliphatic heterocycles. The van der Waals surface area contributed by atoms with E-state index in [9.17, 15) is 26.7 Å². The Morgan fingerprint density at radius 2 is 1.81 bits per heavy atom. The molecule has 1 aliphatic rings. The maximum absolute atomic E-state index is 13.9. The minimum absolute atomic E-state index is 0.0128. The summed E-state index contributed by atoms with van der Waals surface area (Å²) < 4.78 is 67.5. The lowest BCUT2D eigenvalue weighted by Gasteiger charge is -2.26. The summed E-state index contributed by atoms with van der Waals surface area (Å²) in [5.41, 5.74) is 0.226. The molecule has 0 saturated carbocycles. The Labute approximate surface area is 173 Å². The molecule has 1 atom stereocenters. The molecule has 162 valence electrons. The predicted molar refractivity (Wildman–Crippen MR) is 101 cm³/mol. The average molecular weight is 437 g/mol. The minimum Gasteiger partial charge on any atom is -0.329 e. The molecule has 1 unspecified atom stereocenters. The summed E-state index contributed by atoms with van der Waals surface area (Å²) in [6.07, 6.45) is -1.35. The van der Waals surface area contributed by atoms with Crippen molar-refractivity contribution in [2.24, 2.45) is 0 Å². The second kappa shape index (κ2) is 8.05. The third-order valence-corrected chi connectivity index (χ3v) is 5.02. The van der Waals surface area contributed by atoms with Crippen molar-refractivity contribution in [2.75, 3.05) is 11.4 Å². The molecule has 0 bridgehead atoms. The van der Waals surface area contributed by atoms with Crippen LogP contribution < -0.4 is 10.5 Å². The van der Waals surface area contributed by atoms with Crippen molar-refractivity contribution in [1.82, 2.24) is 19.7 Å². The molecule has 1 aromatic carbocycles. The summed E-state index contributed by atoms with van der Waals surface area (Å²) >= 11 is 0. The largest absolute Gasteiger partial charge is 0.408 e. The Balaban J connectivity index is 1.59. The number of rotatable bonds is 4. The Morgan fingerprint density at radius 1 is 1.06 bits per heavy atom. The molecule has 3 heterocycles. The van der Waals surface area contributed by atoms with Gasteiger partial charge in [-0.15, -0.1) is 0 Å². The number of hydrogen-bond acceptors (Lipinski definition) is 5. The summed E-state index contributed by atoms with van der Waals surface area (Å²) in [6, 6.07) is 4.01. The Bertz CT molecular complexity index is 1150. The van der Waals surface area contributed by atoms with Crippen molar-refractivity contribution in [3.63, 3.8) is 0 Å². The lowest BCUT2D eigenvalue weighted by atomic mass is 10.2. The third kappa shape index (κ3) is 4.39. The topological polar surface area (TPSA) is 63.9 Å². The van der Waals surface area contributed by atoms with Crippen LogP contribution in [0.15, 0.2) is 47.5 Å². The zero-order valence-electron chi connectivity index (χ0n) is 16.0. The minimum atomic E-state index is -4.37. The van der Waals surface area contributed by atoms with Gasteiger partial charge in [-0.25, -0.2) is 23.4 Å². The van der Waals surface area contributed by atoms with Crippen LogP contribution in [0.3, 0.4) is 0 Å². The fourth-order valence-corrected chi connectivity index (χ4v) is 3.48. The van der Waals surface area contributed by atoms with Gasteiger partial charge in [0.05, 0.1) is 12.2 Å². The van der Waals surface area contributed by atoms with Gasteiger partial charge in [-0.3, -0.25) is 4.79 Å². The van der Waals surface area contributed by atoms with Gasteiger partial charge in [0, 0.05) is 42.2 Å². The van der Waals surface area contributed by atoms with E-state index >= 15 is 0 Å². The molecule has 0 radical (unpaired) electrons. The maximum atomic E-state index is 13.9. The van der Waals surface area contributed by atoms with Gasteiger partial charge in [0.1, 0.15) is 17.7 Å². The molecule has 11 heteroatoms. The van der Waals surface area contributed by atoms with Crippen molar-refractivity contribution < 1.29 is 22.0 Å². The first-order valence-corrected chi connectivity index (χ1v) is 9.40. The summed E-state index contributed by atoms with van der Waals surface area (Å²) in [5, 5.41) is 4.15. The molecule has 0 aliphatic carbocycles. The van der Waals surface area contributed by atoms with Crippen molar-refractivity contribution in [3.8, 4) is 11.3 Å². The molecule has 2 aromatic heterocycles. The second-order valence-corrected chi connectivity index (χ2v) is 7.11. The van der Waals surface area contributed by atoms with Gasteiger partial charge in [-0.05, 0) is 25.0 Å². The van der Waals surface area contributed by atoms with Gasteiger partial charge in [-0.1, -0.05) is 6.07 Å². The van der Waals surface area contributed by atoms with Gasteiger partial charge >= 0.3 is 6.18 Å². The molecule has 1 saturated heterocycles. The Morgan fingerprint density at radius 3 is 2.48 bits per heavy atom. The van der Waals surface area contributed by atoms with Crippen LogP contribution in [0.2, 0.25) is 0 Å². The zero-order chi connectivity index (χ0) is 22.2. The van der Waals surface area contributed by atoms with Crippen molar-refractivity contribution in [1.29, 1.82) is 0 Å². The quantitative estimate of drug-likeness (QED) is 0.584. The van der Waals surface area contributed by atoms with E-state index in [1.54, 1.807) is 0 Å². The number of halogens is 5. The number of benzene rings is 1. The smallest absolute Gasteiger partial charge is 0.329 e. The van der Waals surface area contributed by atoms with Crippen LogP contribution >= 0.6 is 0 Å². The van der Waals surface area contributed by atoms with Gasteiger partial charge in [0.15, 0.2) is 0 Å². The van der Waals surface area contributed by atoms with Crippen molar-refractivity contribution in [2.45, 2.75) is 31.6 Å². The van der Waals surface area contributed by atoms with E-state index in [1.807, 2.05) is 0 Å². The molecule has 3 aromatic rings. The highest BCUT2D eigenvalue weighted by molar-refractivity contribution is 5.56. The van der Waals surface area contributed by atoms with E-state index in [4.69, 9.17) is 0 Å². The highest BCUT2D eigenvalue weighted by atomic mass is 19.4. The van der Waals surface area contributed by atoms with Gasteiger partial charge in [0.2, 0.25) is 5.95 Å². The van der Waals surface area contributed by atoms with Crippen LogP contribution in [0.4, 0.5) is 27.9 Å². The molecule has 4 rings (SSSR count). The van der Waals surface area contributed by atoms with Gasteiger partial charge < -0.3 is 4.90 Å². The molecule has 1 fully saturated rings. The van der Waals surface area contributed by atoms with Gasteiger partial charge in [0.25, 0.3) is 5.56 Å². The molecular formula is C20H16F5N5O. The van der Waals surface area contributed by atoms with Crippen LogP contribution in [0.5, 0.6) is 0 Å². The van der Waals surface area contributed by atoms with Crippen molar-refractivity contribution >= 4 is 5.95 Å². The molecule has 0 N–H and O–H groups in total. The summed E-state index contributed by atoms with van der Waals surface area (Å²) in [5.74, 6) is -1.58. The average Bonchev–Trinajstić information content (AvgIpc) is 3.22. The van der Waals surface area contributed by atoms with E-state index in [0.717, 1.165) is 15.6 Å². The summed E-state index contributed by atoms with van der Waals surface area (Å²) in [7, 11) is 0. The standard InChI is InChI=1S/C20H16F5N5O/c21-14-4-3-12(15(22)8-14)11-30-18(31)6-5-16(28-30)13-9-26-19(27-10-13)29-7-1-2-17(29)20(23,24)25/h3-6,8-10,17H,1-2,7,11H2. The molecule has 0 spiro atoms. The fourth-order valence-electron chi connectivity index (χ4n) is 3.48. The van der Waals surface area contributed by atoms with Crippen LogP contribution in [0.25, 0.3) is 11.3 Å². The lowest BCUT2D eigenvalue weighted by Crippen LogP contribution is -2.42. The highest BCUT2D eigenvalue weighted by Crippen LogP contribution is 2.34. The van der Waals surface area contributed by atoms with Crippen LogP contribution in [-0.2, 0) is 6.54 Å².